The van der Waals surface area contributed by atoms with Gasteiger partial charge in [0.05, 0.1) is 0 Å². The summed E-state index contributed by atoms with van der Waals surface area (Å²) in [6, 6.07) is 8.91. The first-order valence-electron chi connectivity index (χ1n) is 7.40. The molecule has 2 rings (SSSR count). The normalized spacial score (nSPS) is 17.8. The molecule has 0 amide bonds. The van der Waals surface area contributed by atoms with Gasteiger partial charge in [0.15, 0.2) is 0 Å². The predicted molar refractivity (Wildman–Crippen MR) is 84.9 cm³/mol. The van der Waals surface area contributed by atoms with Gasteiger partial charge in [0.2, 0.25) is 0 Å². The highest BCUT2D eigenvalue weighted by atomic mass is 32.2. The molecule has 1 saturated heterocycles. The van der Waals surface area contributed by atoms with E-state index in [4.69, 9.17) is 5.73 Å². The van der Waals surface area contributed by atoms with E-state index in [9.17, 15) is 0 Å². The van der Waals surface area contributed by atoms with Gasteiger partial charge in [-0.25, -0.2) is 0 Å². The van der Waals surface area contributed by atoms with Gasteiger partial charge in [0, 0.05) is 4.90 Å². The summed E-state index contributed by atoms with van der Waals surface area (Å²) < 4.78 is 0. The maximum absolute atomic E-state index is 5.55. The number of thioether (sulfide) groups is 1. The van der Waals surface area contributed by atoms with Crippen molar-refractivity contribution in [1.29, 1.82) is 0 Å². The zero-order valence-corrected chi connectivity index (χ0v) is 12.8. The molecule has 3 heteroatoms. The molecule has 1 aliphatic rings. The molecule has 106 valence electrons. The van der Waals surface area contributed by atoms with Crippen LogP contribution in [-0.2, 0) is 0 Å². The van der Waals surface area contributed by atoms with Crippen molar-refractivity contribution in [2.24, 2.45) is 5.73 Å². The Bertz CT molecular complexity index is 373. The van der Waals surface area contributed by atoms with Crippen molar-refractivity contribution in [3.63, 3.8) is 0 Å². The topological polar surface area (TPSA) is 29.3 Å². The number of hydrogen-bond donors (Lipinski definition) is 1. The summed E-state index contributed by atoms with van der Waals surface area (Å²) in [5.74, 6) is 0.759. The van der Waals surface area contributed by atoms with E-state index in [0.717, 1.165) is 18.9 Å². The Morgan fingerprint density at radius 3 is 2.63 bits per heavy atom. The van der Waals surface area contributed by atoms with Gasteiger partial charge < -0.3 is 10.6 Å². The van der Waals surface area contributed by atoms with E-state index in [-0.39, 0.29) is 0 Å². The van der Waals surface area contributed by atoms with Gasteiger partial charge in [-0.2, -0.15) is 0 Å². The summed E-state index contributed by atoms with van der Waals surface area (Å²) in [5.41, 5.74) is 7.12. The van der Waals surface area contributed by atoms with Gasteiger partial charge >= 0.3 is 0 Å². The van der Waals surface area contributed by atoms with Crippen LogP contribution < -0.4 is 5.73 Å². The molecule has 1 aromatic rings. The van der Waals surface area contributed by atoms with Gasteiger partial charge in [0.25, 0.3) is 0 Å². The molecule has 19 heavy (non-hydrogen) atoms. The summed E-state index contributed by atoms with van der Waals surface area (Å²) in [7, 11) is 0. The first-order chi connectivity index (χ1) is 9.35. The van der Waals surface area contributed by atoms with E-state index in [2.05, 4.69) is 35.4 Å². The molecule has 0 radical (unpaired) electrons. The third-order valence-electron chi connectivity index (χ3n) is 4.09. The Morgan fingerprint density at radius 2 is 1.95 bits per heavy atom. The lowest BCUT2D eigenvalue weighted by Gasteiger charge is -2.32. The number of nitrogens with two attached hydrogens (primary N) is 1. The second kappa shape index (κ2) is 7.93. The number of hydrogen-bond acceptors (Lipinski definition) is 3. The molecule has 2 N–H and O–H groups in total. The Balaban J connectivity index is 1.85. The number of unbranched alkanes of at least 4 members (excludes halogenated alkanes) is 1. The maximum atomic E-state index is 5.55. The summed E-state index contributed by atoms with van der Waals surface area (Å²) in [4.78, 5) is 4.07. The van der Waals surface area contributed by atoms with Gasteiger partial charge in [-0.3, -0.25) is 0 Å². The lowest BCUT2D eigenvalue weighted by molar-refractivity contribution is 0.208. The highest BCUT2D eigenvalue weighted by Gasteiger charge is 2.21. The lowest BCUT2D eigenvalue weighted by Crippen LogP contribution is -2.34. The Labute approximate surface area is 121 Å². The Morgan fingerprint density at radius 1 is 1.21 bits per heavy atom. The minimum absolute atomic E-state index is 0.759. The van der Waals surface area contributed by atoms with E-state index >= 15 is 0 Å². The molecule has 0 aromatic heterocycles. The first-order valence-corrected chi connectivity index (χ1v) is 8.63. The molecule has 0 aliphatic carbocycles. The van der Waals surface area contributed by atoms with Crippen LogP contribution in [0.15, 0.2) is 29.2 Å². The molecule has 2 nitrogen and oxygen atoms in total. The van der Waals surface area contributed by atoms with Crippen LogP contribution in [0.3, 0.4) is 0 Å². The average molecular weight is 278 g/mol. The van der Waals surface area contributed by atoms with Crippen molar-refractivity contribution >= 4 is 11.8 Å². The Hall–Kier alpha value is -0.510. The highest BCUT2D eigenvalue weighted by molar-refractivity contribution is 7.98. The van der Waals surface area contributed by atoms with Crippen LogP contribution in [0, 0.1) is 0 Å². The number of piperidine rings is 1. The fraction of sp³-hybridized carbons (Fsp3) is 0.625. The van der Waals surface area contributed by atoms with E-state index in [1.807, 2.05) is 11.8 Å². The molecule has 1 aromatic carbocycles. The number of likely N-dealkylation sites (tertiary alicyclic amines) is 1. The van der Waals surface area contributed by atoms with Crippen LogP contribution in [0.1, 0.15) is 37.2 Å². The molecule has 1 heterocycles. The van der Waals surface area contributed by atoms with Crippen LogP contribution in [0.4, 0.5) is 0 Å². The fourth-order valence-electron chi connectivity index (χ4n) is 2.95. The van der Waals surface area contributed by atoms with Crippen LogP contribution in [-0.4, -0.2) is 37.3 Å². The third kappa shape index (κ3) is 4.23. The summed E-state index contributed by atoms with van der Waals surface area (Å²) in [6.45, 7) is 4.56. The standard InChI is InChI=1S/C16H26N2S/c1-19-16-7-3-2-6-15(16)14-8-12-18(13-9-14)11-5-4-10-17/h2-3,6-7,14H,4-5,8-13,17H2,1H3. The molecule has 0 atom stereocenters. The van der Waals surface area contributed by atoms with Crippen molar-refractivity contribution in [1.82, 2.24) is 4.90 Å². The summed E-state index contributed by atoms with van der Waals surface area (Å²) in [5, 5.41) is 0. The molecule has 1 fully saturated rings. The van der Waals surface area contributed by atoms with E-state index in [0.29, 0.717) is 0 Å². The zero-order chi connectivity index (χ0) is 13.5. The van der Waals surface area contributed by atoms with E-state index < -0.39 is 0 Å². The monoisotopic (exact) mass is 278 g/mol. The zero-order valence-electron chi connectivity index (χ0n) is 12.0. The van der Waals surface area contributed by atoms with Gasteiger partial charge in [-0.15, -0.1) is 11.8 Å². The second-order valence-corrected chi connectivity index (χ2v) is 6.20. The number of rotatable bonds is 6. The highest BCUT2D eigenvalue weighted by Crippen LogP contribution is 2.33. The number of nitrogens with zero attached hydrogens (tertiary/aromatic N) is 1. The molecule has 0 spiro atoms. The van der Waals surface area contributed by atoms with Gasteiger partial charge in [0.1, 0.15) is 0 Å². The van der Waals surface area contributed by atoms with Crippen molar-refractivity contribution in [2.75, 3.05) is 32.4 Å². The minimum Gasteiger partial charge on any atom is -0.330 e. The van der Waals surface area contributed by atoms with Gasteiger partial charge in [-0.1, -0.05) is 18.2 Å². The van der Waals surface area contributed by atoms with Crippen LogP contribution in [0.25, 0.3) is 0 Å². The predicted octanol–water partition coefficient (Wildman–Crippen LogP) is 3.33. The summed E-state index contributed by atoms with van der Waals surface area (Å²) in [6.07, 6.45) is 7.21. The number of benzene rings is 1. The van der Waals surface area contributed by atoms with Crippen LogP contribution in [0.2, 0.25) is 0 Å². The second-order valence-electron chi connectivity index (χ2n) is 5.35. The quantitative estimate of drug-likeness (QED) is 0.639. The van der Waals surface area contributed by atoms with Crippen LogP contribution in [0.5, 0.6) is 0 Å². The molecule has 1 aliphatic heterocycles. The molecule has 0 bridgehead atoms. The van der Waals surface area contributed by atoms with Gasteiger partial charge in [-0.05, 0) is 75.7 Å². The molecule has 0 unspecified atom stereocenters. The molecule has 0 saturated carbocycles. The van der Waals surface area contributed by atoms with E-state index in [1.54, 1.807) is 5.56 Å². The molecular weight excluding hydrogens is 252 g/mol. The maximum Gasteiger partial charge on any atom is 0.0104 e. The SMILES string of the molecule is CSc1ccccc1C1CCN(CCCCN)CC1. The van der Waals surface area contributed by atoms with Crippen LogP contribution >= 0.6 is 11.8 Å². The third-order valence-corrected chi connectivity index (χ3v) is 4.91. The fourth-order valence-corrected chi connectivity index (χ4v) is 3.64. The Kier molecular flexibility index (Phi) is 6.21. The van der Waals surface area contributed by atoms with Crippen molar-refractivity contribution < 1.29 is 0 Å². The van der Waals surface area contributed by atoms with Crippen molar-refractivity contribution in [3.05, 3.63) is 29.8 Å². The largest absolute Gasteiger partial charge is 0.330 e. The van der Waals surface area contributed by atoms with E-state index in [1.165, 1.54) is 43.8 Å². The summed E-state index contributed by atoms with van der Waals surface area (Å²) >= 11 is 1.88. The minimum atomic E-state index is 0.759. The van der Waals surface area contributed by atoms with Crippen molar-refractivity contribution in [3.8, 4) is 0 Å². The smallest absolute Gasteiger partial charge is 0.0104 e. The molecular formula is C16H26N2S. The lowest BCUT2D eigenvalue weighted by atomic mass is 9.89. The first kappa shape index (κ1) is 14.9. The average Bonchev–Trinajstić information content (AvgIpc) is 2.48. The van der Waals surface area contributed by atoms with Crippen molar-refractivity contribution in [2.45, 2.75) is 36.5 Å².